The summed E-state index contributed by atoms with van der Waals surface area (Å²) in [5, 5.41) is 7.43. The van der Waals surface area contributed by atoms with E-state index in [0.29, 0.717) is 29.2 Å². The van der Waals surface area contributed by atoms with Crippen LogP contribution in [0.2, 0.25) is 0 Å². The Bertz CT molecular complexity index is 590. The Kier molecular flexibility index (Phi) is 3.52. The van der Waals surface area contributed by atoms with Crippen LogP contribution in [0.25, 0.3) is 17.1 Å². The maximum atomic E-state index is 11.2. The molecule has 94 valence electrons. The zero-order chi connectivity index (χ0) is 13.0. The van der Waals surface area contributed by atoms with Gasteiger partial charge in [-0.2, -0.15) is 5.10 Å². The topological polar surface area (TPSA) is 107 Å². The molecular formula is C11H13N5O2. The predicted molar refractivity (Wildman–Crippen MR) is 66.4 cm³/mol. The molecule has 0 saturated heterocycles. The lowest BCUT2D eigenvalue weighted by atomic mass is 10.2. The number of anilines is 1. The number of nitrogens with zero attached hydrogens (tertiary/aromatic N) is 3. The first-order valence-electron chi connectivity index (χ1n) is 5.49. The number of nitrogens with two attached hydrogens (primary N) is 1. The molecule has 0 fully saturated rings. The van der Waals surface area contributed by atoms with E-state index in [9.17, 15) is 4.79 Å². The molecule has 0 radical (unpaired) electrons. The lowest BCUT2D eigenvalue weighted by molar-refractivity contribution is -0.142. The number of nitrogens with one attached hydrogen (secondary N) is 1. The van der Waals surface area contributed by atoms with Gasteiger partial charge in [-0.05, 0) is 13.0 Å². The molecule has 7 heteroatoms. The number of H-pyrrole nitrogens is 1. The smallest absolute Gasteiger partial charge is 0.309 e. The van der Waals surface area contributed by atoms with Gasteiger partial charge in [-0.1, -0.05) is 6.08 Å². The number of hydrogen-bond acceptors (Lipinski definition) is 6. The molecule has 2 aromatic rings. The summed E-state index contributed by atoms with van der Waals surface area (Å²) in [5.74, 6) is 0.0753. The van der Waals surface area contributed by atoms with Gasteiger partial charge in [0.15, 0.2) is 5.65 Å². The van der Waals surface area contributed by atoms with Crippen LogP contribution in [0.3, 0.4) is 0 Å². The van der Waals surface area contributed by atoms with Crippen molar-refractivity contribution in [1.29, 1.82) is 0 Å². The third kappa shape index (κ3) is 2.45. The van der Waals surface area contributed by atoms with Gasteiger partial charge < -0.3 is 10.5 Å². The summed E-state index contributed by atoms with van der Waals surface area (Å²) in [6.07, 6.45) is 4.94. The molecular weight excluding hydrogens is 234 g/mol. The summed E-state index contributed by atoms with van der Waals surface area (Å²) in [7, 11) is 0. The molecule has 18 heavy (non-hydrogen) atoms. The van der Waals surface area contributed by atoms with Crippen molar-refractivity contribution in [1.82, 2.24) is 20.2 Å². The Morgan fingerprint density at radius 2 is 2.39 bits per heavy atom. The highest BCUT2D eigenvalue weighted by atomic mass is 16.5. The van der Waals surface area contributed by atoms with Crippen molar-refractivity contribution in [2.24, 2.45) is 0 Å². The Labute approximate surface area is 103 Å². The van der Waals surface area contributed by atoms with Crippen molar-refractivity contribution in [3.05, 3.63) is 18.1 Å². The summed E-state index contributed by atoms with van der Waals surface area (Å²) in [6.45, 7) is 2.14. The largest absolute Gasteiger partial charge is 0.466 e. The summed E-state index contributed by atoms with van der Waals surface area (Å²) in [6, 6.07) is 0. The predicted octanol–water partition coefficient (Wildman–Crippen LogP) is 0.901. The lowest BCUT2D eigenvalue weighted by Crippen LogP contribution is -2.01. The van der Waals surface area contributed by atoms with Gasteiger partial charge in [0.1, 0.15) is 12.1 Å². The number of carbonyl (C=O) groups excluding carboxylic acids is 1. The number of carbonyl (C=O) groups is 1. The van der Waals surface area contributed by atoms with Gasteiger partial charge in [0.05, 0.1) is 24.1 Å². The van der Waals surface area contributed by atoms with E-state index < -0.39 is 0 Å². The number of aromatic nitrogens is 4. The second-order valence-corrected chi connectivity index (χ2v) is 3.51. The van der Waals surface area contributed by atoms with Crippen LogP contribution in [-0.4, -0.2) is 32.7 Å². The van der Waals surface area contributed by atoms with Crippen LogP contribution < -0.4 is 5.73 Å². The van der Waals surface area contributed by atoms with Gasteiger partial charge in [-0.15, -0.1) is 0 Å². The fraction of sp³-hybridized carbons (Fsp3) is 0.273. The minimum Gasteiger partial charge on any atom is -0.466 e. The molecule has 0 unspecified atom stereocenters. The summed E-state index contributed by atoms with van der Waals surface area (Å²) >= 11 is 0. The van der Waals surface area contributed by atoms with Crippen LogP contribution in [-0.2, 0) is 9.53 Å². The number of rotatable bonds is 4. The summed E-state index contributed by atoms with van der Waals surface area (Å²) in [4.78, 5) is 19.0. The first kappa shape index (κ1) is 12.0. The molecule has 0 aromatic carbocycles. The van der Waals surface area contributed by atoms with Crippen LogP contribution in [0, 0.1) is 0 Å². The maximum Gasteiger partial charge on any atom is 0.309 e. The monoisotopic (exact) mass is 247 g/mol. The highest BCUT2D eigenvalue weighted by molar-refractivity contribution is 5.92. The van der Waals surface area contributed by atoms with Crippen LogP contribution in [0.4, 0.5) is 5.82 Å². The third-order valence-electron chi connectivity index (χ3n) is 2.28. The van der Waals surface area contributed by atoms with Crippen LogP contribution in [0.1, 0.15) is 19.0 Å². The number of hydrogen-bond donors (Lipinski definition) is 2. The first-order valence-corrected chi connectivity index (χ1v) is 5.49. The second kappa shape index (κ2) is 5.26. The van der Waals surface area contributed by atoms with Crippen molar-refractivity contribution in [2.45, 2.75) is 13.3 Å². The zero-order valence-electron chi connectivity index (χ0n) is 9.88. The molecule has 0 spiro atoms. The van der Waals surface area contributed by atoms with Crippen molar-refractivity contribution in [3.8, 4) is 0 Å². The SMILES string of the molecule is CCOC(=O)CC=Cc1[nH]nc2ncnc(N)c12. The molecule has 0 aliphatic carbocycles. The molecule has 2 aromatic heterocycles. The standard InChI is InChI=1S/C11H13N5O2/c1-2-18-8(17)5-3-4-7-9-10(12)13-6-14-11(9)16-15-7/h3-4,6H,2,5H2,1H3,(H3,12,13,14,15,16). The molecule has 2 rings (SSSR count). The summed E-state index contributed by atoms with van der Waals surface area (Å²) in [5.41, 5.74) is 6.92. The van der Waals surface area contributed by atoms with E-state index in [1.54, 1.807) is 19.1 Å². The molecule has 0 amide bonds. The van der Waals surface area contributed by atoms with Crippen LogP contribution in [0.15, 0.2) is 12.4 Å². The maximum absolute atomic E-state index is 11.2. The zero-order valence-corrected chi connectivity index (χ0v) is 9.88. The molecule has 0 atom stereocenters. The van der Waals surface area contributed by atoms with E-state index in [1.807, 2.05) is 0 Å². The minimum atomic E-state index is -0.276. The number of aromatic amines is 1. The van der Waals surface area contributed by atoms with Crippen molar-refractivity contribution in [2.75, 3.05) is 12.3 Å². The number of nitrogen functional groups attached to an aromatic ring is 1. The average Bonchev–Trinajstić information content (AvgIpc) is 2.74. The quantitative estimate of drug-likeness (QED) is 0.777. The molecule has 0 saturated carbocycles. The van der Waals surface area contributed by atoms with Gasteiger partial charge in [-0.25, -0.2) is 9.97 Å². The highest BCUT2D eigenvalue weighted by Crippen LogP contribution is 2.19. The molecule has 7 nitrogen and oxygen atoms in total. The first-order chi connectivity index (χ1) is 8.72. The van der Waals surface area contributed by atoms with E-state index in [-0.39, 0.29) is 12.4 Å². The minimum absolute atomic E-state index is 0.196. The third-order valence-corrected chi connectivity index (χ3v) is 2.28. The molecule has 0 aliphatic rings. The van der Waals surface area contributed by atoms with Crippen LogP contribution >= 0.6 is 0 Å². The summed E-state index contributed by atoms with van der Waals surface area (Å²) < 4.78 is 4.81. The van der Waals surface area contributed by atoms with E-state index in [0.717, 1.165) is 0 Å². The fourth-order valence-electron chi connectivity index (χ4n) is 1.52. The van der Waals surface area contributed by atoms with Gasteiger partial charge in [0, 0.05) is 0 Å². The lowest BCUT2D eigenvalue weighted by Gasteiger charge is -1.96. The highest BCUT2D eigenvalue weighted by Gasteiger charge is 2.08. The van der Waals surface area contributed by atoms with Gasteiger partial charge in [0.25, 0.3) is 0 Å². The Hall–Kier alpha value is -2.44. The van der Waals surface area contributed by atoms with E-state index >= 15 is 0 Å². The Balaban J connectivity index is 2.17. The van der Waals surface area contributed by atoms with Crippen molar-refractivity contribution in [3.63, 3.8) is 0 Å². The fourth-order valence-corrected chi connectivity index (χ4v) is 1.52. The second-order valence-electron chi connectivity index (χ2n) is 3.51. The number of esters is 1. The number of ether oxygens (including phenoxy) is 1. The Morgan fingerprint density at radius 3 is 3.17 bits per heavy atom. The normalized spacial score (nSPS) is 11.2. The molecule has 0 aliphatic heterocycles. The molecule has 2 heterocycles. The van der Waals surface area contributed by atoms with Crippen LogP contribution in [0.5, 0.6) is 0 Å². The number of fused-ring (bicyclic) bond motifs is 1. The van der Waals surface area contributed by atoms with E-state index in [1.165, 1.54) is 6.33 Å². The molecule has 3 N–H and O–H groups in total. The Morgan fingerprint density at radius 1 is 1.56 bits per heavy atom. The molecule has 0 bridgehead atoms. The van der Waals surface area contributed by atoms with E-state index in [4.69, 9.17) is 10.5 Å². The van der Waals surface area contributed by atoms with Crippen molar-refractivity contribution >= 4 is 28.9 Å². The van der Waals surface area contributed by atoms with Gasteiger partial charge in [-0.3, -0.25) is 9.89 Å². The van der Waals surface area contributed by atoms with Gasteiger partial charge in [0.2, 0.25) is 0 Å². The van der Waals surface area contributed by atoms with Gasteiger partial charge >= 0.3 is 5.97 Å². The van der Waals surface area contributed by atoms with Crippen molar-refractivity contribution < 1.29 is 9.53 Å². The van der Waals surface area contributed by atoms with E-state index in [2.05, 4.69) is 20.2 Å². The average molecular weight is 247 g/mol.